The molecule has 0 saturated carbocycles. The van der Waals surface area contributed by atoms with Crippen molar-refractivity contribution < 1.29 is 14.3 Å². The average Bonchev–Trinajstić information content (AvgIpc) is 2.93. The van der Waals surface area contributed by atoms with Gasteiger partial charge in [-0.1, -0.05) is 30.3 Å². The van der Waals surface area contributed by atoms with Crippen LogP contribution >= 0.6 is 0 Å². The third-order valence-corrected chi connectivity index (χ3v) is 4.92. The van der Waals surface area contributed by atoms with Crippen LogP contribution in [0.15, 0.2) is 48.5 Å². The minimum Gasteiger partial charge on any atom is -0.486 e. The fraction of sp³-hybridized carbons (Fsp3) is 0.286. The second-order valence-corrected chi connectivity index (χ2v) is 6.76. The minimum absolute atomic E-state index is 0.0424. The zero-order valence-electron chi connectivity index (χ0n) is 15.3. The number of fused-ring (bicyclic) bond motifs is 2. The molecule has 2 heterocycles. The standard InChI is InChI=1S/C21H23N3O3/c1-14-17(16-6-2-3-7-18(16)24(14)12-21(22)25)11-23-10-15-13-26-19-8-4-5-9-20(19)27-15/h2-9,15,23H,10-13H2,1H3,(H2,22,25)/t15-/m0/s1. The molecule has 0 radical (unpaired) electrons. The Morgan fingerprint density at radius 1 is 1.19 bits per heavy atom. The van der Waals surface area contributed by atoms with Gasteiger partial charge in [0.2, 0.25) is 5.91 Å². The number of para-hydroxylation sites is 3. The zero-order valence-corrected chi connectivity index (χ0v) is 15.3. The Morgan fingerprint density at radius 3 is 2.74 bits per heavy atom. The van der Waals surface area contributed by atoms with Crippen molar-refractivity contribution >= 4 is 16.8 Å². The molecule has 1 amide bonds. The van der Waals surface area contributed by atoms with E-state index in [-0.39, 0.29) is 18.6 Å². The third kappa shape index (κ3) is 3.48. The minimum atomic E-state index is -0.343. The van der Waals surface area contributed by atoms with Crippen molar-refractivity contribution in [2.24, 2.45) is 5.73 Å². The van der Waals surface area contributed by atoms with Gasteiger partial charge >= 0.3 is 0 Å². The second kappa shape index (κ2) is 7.32. The number of carbonyl (C=O) groups excluding carboxylic acids is 1. The van der Waals surface area contributed by atoms with Crippen LogP contribution in [0.25, 0.3) is 10.9 Å². The van der Waals surface area contributed by atoms with Gasteiger partial charge in [0.25, 0.3) is 0 Å². The van der Waals surface area contributed by atoms with Crippen LogP contribution in [-0.2, 0) is 17.9 Å². The van der Waals surface area contributed by atoms with Crippen LogP contribution in [0.5, 0.6) is 11.5 Å². The number of hydrogen-bond acceptors (Lipinski definition) is 4. The Morgan fingerprint density at radius 2 is 1.93 bits per heavy atom. The lowest BCUT2D eigenvalue weighted by Crippen LogP contribution is -2.38. The highest BCUT2D eigenvalue weighted by atomic mass is 16.6. The number of rotatable bonds is 6. The van der Waals surface area contributed by atoms with Crippen LogP contribution in [-0.4, -0.2) is 29.7 Å². The summed E-state index contributed by atoms with van der Waals surface area (Å²) in [6.45, 7) is 4.08. The van der Waals surface area contributed by atoms with Crippen molar-refractivity contribution in [3.05, 3.63) is 59.8 Å². The first kappa shape index (κ1) is 17.4. The highest BCUT2D eigenvalue weighted by Crippen LogP contribution is 2.31. The number of hydrogen-bond donors (Lipinski definition) is 2. The number of carbonyl (C=O) groups is 1. The highest BCUT2D eigenvalue weighted by Gasteiger charge is 2.21. The number of ether oxygens (including phenoxy) is 2. The number of nitrogens with zero attached hydrogens (tertiary/aromatic N) is 1. The molecule has 0 saturated heterocycles. The fourth-order valence-corrected chi connectivity index (χ4v) is 3.61. The van der Waals surface area contributed by atoms with E-state index in [1.165, 1.54) is 5.56 Å². The van der Waals surface area contributed by atoms with Gasteiger partial charge in [-0.2, -0.15) is 0 Å². The predicted octanol–water partition coefficient (Wildman–Crippen LogP) is 2.36. The van der Waals surface area contributed by atoms with Gasteiger partial charge in [-0.25, -0.2) is 0 Å². The molecule has 6 nitrogen and oxygen atoms in total. The number of benzene rings is 2. The van der Waals surface area contributed by atoms with E-state index in [0.717, 1.165) is 28.1 Å². The molecule has 1 aromatic heterocycles. The number of amides is 1. The summed E-state index contributed by atoms with van der Waals surface area (Å²) in [5.74, 6) is 1.23. The molecule has 0 bridgehead atoms. The molecule has 3 aromatic rings. The summed E-state index contributed by atoms with van der Waals surface area (Å²) >= 11 is 0. The van der Waals surface area contributed by atoms with Crippen molar-refractivity contribution in [3.8, 4) is 11.5 Å². The van der Waals surface area contributed by atoms with Crippen molar-refractivity contribution in [2.45, 2.75) is 26.1 Å². The van der Waals surface area contributed by atoms with Gasteiger partial charge in [-0.3, -0.25) is 4.79 Å². The molecule has 0 fully saturated rings. The maximum atomic E-state index is 11.5. The monoisotopic (exact) mass is 365 g/mol. The number of nitrogens with two attached hydrogens (primary N) is 1. The lowest BCUT2D eigenvalue weighted by Gasteiger charge is -2.26. The van der Waals surface area contributed by atoms with E-state index in [4.69, 9.17) is 15.2 Å². The summed E-state index contributed by atoms with van der Waals surface area (Å²) in [7, 11) is 0. The molecule has 6 heteroatoms. The first-order chi connectivity index (χ1) is 13.1. The van der Waals surface area contributed by atoms with Crippen LogP contribution in [0, 0.1) is 6.92 Å². The topological polar surface area (TPSA) is 78.5 Å². The molecule has 1 aliphatic heterocycles. The number of primary amides is 1. The lowest BCUT2D eigenvalue weighted by atomic mass is 10.1. The van der Waals surface area contributed by atoms with Crippen LogP contribution in [0.4, 0.5) is 0 Å². The maximum absolute atomic E-state index is 11.5. The Labute approximate surface area is 157 Å². The van der Waals surface area contributed by atoms with Gasteiger partial charge in [0.15, 0.2) is 11.5 Å². The summed E-state index contributed by atoms with van der Waals surface area (Å²) in [4.78, 5) is 11.5. The Kier molecular flexibility index (Phi) is 4.73. The molecular weight excluding hydrogens is 342 g/mol. The summed E-state index contributed by atoms with van der Waals surface area (Å²) in [6.07, 6.45) is -0.0424. The Hall–Kier alpha value is -2.99. The van der Waals surface area contributed by atoms with Crippen molar-refractivity contribution in [1.82, 2.24) is 9.88 Å². The molecule has 140 valence electrons. The van der Waals surface area contributed by atoms with E-state index < -0.39 is 0 Å². The summed E-state index contributed by atoms with van der Waals surface area (Å²) < 4.78 is 13.7. The molecule has 3 N–H and O–H groups in total. The van der Waals surface area contributed by atoms with E-state index in [9.17, 15) is 4.79 Å². The summed E-state index contributed by atoms with van der Waals surface area (Å²) in [5, 5.41) is 4.60. The van der Waals surface area contributed by atoms with Gasteiger partial charge in [0.05, 0.1) is 0 Å². The van der Waals surface area contributed by atoms with Gasteiger partial charge in [-0.05, 0) is 30.7 Å². The van der Waals surface area contributed by atoms with E-state index in [0.29, 0.717) is 19.7 Å². The predicted molar refractivity (Wildman–Crippen MR) is 104 cm³/mol. The largest absolute Gasteiger partial charge is 0.486 e. The molecular formula is C21H23N3O3. The van der Waals surface area contributed by atoms with E-state index in [1.807, 2.05) is 54.0 Å². The molecule has 0 aliphatic carbocycles. The molecule has 0 spiro atoms. The number of aromatic nitrogens is 1. The molecule has 4 rings (SSSR count). The third-order valence-electron chi connectivity index (χ3n) is 4.92. The fourth-order valence-electron chi connectivity index (χ4n) is 3.61. The Balaban J connectivity index is 1.47. The average molecular weight is 365 g/mol. The van der Waals surface area contributed by atoms with E-state index in [2.05, 4.69) is 11.4 Å². The normalized spacial score (nSPS) is 15.8. The summed E-state index contributed by atoms with van der Waals surface area (Å²) in [5.41, 5.74) is 8.67. The highest BCUT2D eigenvalue weighted by molar-refractivity contribution is 5.87. The quantitative estimate of drug-likeness (QED) is 0.703. The van der Waals surface area contributed by atoms with Gasteiger partial charge < -0.3 is 25.1 Å². The van der Waals surface area contributed by atoms with Gasteiger partial charge in [0, 0.05) is 29.7 Å². The van der Waals surface area contributed by atoms with Crippen LogP contribution in [0.1, 0.15) is 11.3 Å². The Bertz CT molecular complexity index is 980. The van der Waals surface area contributed by atoms with Crippen molar-refractivity contribution in [3.63, 3.8) is 0 Å². The van der Waals surface area contributed by atoms with Crippen LogP contribution in [0.3, 0.4) is 0 Å². The van der Waals surface area contributed by atoms with Crippen molar-refractivity contribution in [1.29, 1.82) is 0 Å². The van der Waals surface area contributed by atoms with Gasteiger partial charge in [0.1, 0.15) is 19.3 Å². The van der Waals surface area contributed by atoms with Crippen LogP contribution < -0.4 is 20.5 Å². The van der Waals surface area contributed by atoms with E-state index >= 15 is 0 Å². The smallest absolute Gasteiger partial charge is 0.237 e. The second-order valence-electron chi connectivity index (χ2n) is 6.76. The maximum Gasteiger partial charge on any atom is 0.237 e. The lowest BCUT2D eigenvalue weighted by molar-refractivity contribution is -0.118. The first-order valence-corrected chi connectivity index (χ1v) is 9.07. The molecule has 2 aromatic carbocycles. The molecule has 27 heavy (non-hydrogen) atoms. The first-order valence-electron chi connectivity index (χ1n) is 9.07. The molecule has 1 aliphatic rings. The molecule has 0 unspecified atom stereocenters. The van der Waals surface area contributed by atoms with E-state index in [1.54, 1.807) is 0 Å². The number of nitrogens with one attached hydrogen (secondary N) is 1. The molecule has 1 atom stereocenters. The van der Waals surface area contributed by atoms with Crippen molar-refractivity contribution in [2.75, 3.05) is 13.2 Å². The summed E-state index contributed by atoms with van der Waals surface area (Å²) in [6, 6.07) is 15.8. The van der Waals surface area contributed by atoms with Crippen LogP contribution in [0.2, 0.25) is 0 Å². The zero-order chi connectivity index (χ0) is 18.8. The SMILES string of the molecule is Cc1c(CNC[C@H]2COc3ccccc3O2)c2ccccc2n1CC(N)=O. The van der Waals surface area contributed by atoms with Gasteiger partial charge in [-0.15, -0.1) is 0 Å².